The Morgan fingerprint density at radius 3 is 2.45 bits per heavy atom. The van der Waals surface area contributed by atoms with Crippen LogP contribution >= 0.6 is 0 Å². The lowest BCUT2D eigenvalue weighted by atomic mass is 10.1. The van der Waals surface area contributed by atoms with Crippen LogP contribution in [0.5, 0.6) is 0 Å². The molecule has 1 aromatic carbocycles. The Hall–Kier alpha value is -1.08. The van der Waals surface area contributed by atoms with E-state index in [0.29, 0.717) is 24.8 Å². The molecule has 1 N–H and O–H groups in total. The summed E-state index contributed by atoms with van der Waals surface area (Å²) in [6.07, 6.45) is -0.807. The van der Waals surface area contributed by atoms with Gasteiger partial charge in [0, 0.05) is 45.9 Å². The van der Waals surface area contributed by atoms with Crippen LogP contribution in [0.25, 0.3) is 0 Å². The topological polar surface area (TPSA) is 35.9 Å². The Morgan fingerprint density at radius 1 is 1.18 bits per heavy atom. The van der Waals surface area contributed by atoms with Gasteiger partial charge in [0.15, 0.2) is 11.6 Å². The van der Waals surface area contributed by atoms with Crippen LogP contribution in [0.1, 0.15) is 18.6 Å². The lowest BCUT2D eigenvalue weighted by Gasteiger charge is -2.38. The number of halogens is 2. The summed E-state index contributed by atoms with van der Waals surface area (Å²) in [5.41, 5.74) is 0.411. The summed E-state index contributed by atoms with van der Waals surface area (Å²) in [7, 11) is 1.70. The number of methoxy groups -OCH3 is 1. The van der Waals surface area contributed by atoms with Crippen molar-refractivity contribution >= 4 is 0 Å². The fourth-order valence-electron chi connectivity index (χ4n) is 2.80. The second kappa shape index (κ2) is 7.97. The van der Waals surface area contributed by atoms with Crippen LogP contribution in [0.4, 0.5) is 8.78 Å². The van der Waals surface area contributed by atoms with Crippen molar-refractivity contribution in [1.82, 2.24) is 9.80 Å². The maximum atomic E-state index is 13.2. The number of rotatable bonds is 6. The molecule has 22 heavy (non-hydrogen) atoms. The molecule has 4 nitrogen and oxygen atoms in total. The van der Waals surface area contributed by atoms with Gasteiger partial charge in [-0.15, -0.1) is 0 Å². The Morgan fingerprint density at radius 2 is 1.86 bits per heavy atom. The molecule has 1 heterocycles. The van der Waals surface area contributed by atoms with Gasteiger partial charge in [-0.3, -0.25) is 9.80 Å². The van der Waals surface area contributed by atoms with E-state index >= 15 is 0 Å². The molecule has 1 aliphatic heterocycles. The van der Waals surface area contributed by atoms with Crippen molar-refractivity contribution in [3.63, 3.8) is 0 Å². The first-order valence-corrected chi connectivity index (χ1v) is 7.59. The van der Waals surface area contributed by atoms with E-state index in [4.69, 9.17) is 4.74 Å². The molecular weight excluding hydrogens is 290 g/mol. The molecule has 0 spiro atoms. The van der Waals surface area contributed by atoms with Gasteiger partial charge in [-0.2, -0.15) is 0 Å². The van der Waals surface area contributed by atoms with Crippen LogP contribution in [0, 0.1) is 11.6 Å². The standard InChI is InChI=1S/C16H24F2N2O2/c1-12(11-22-2)20-7-5-19(6-8-20)10-16(21)13-3-4-14(17)15(18)9-13/h3-4,9,12,16,21H,5-8,10-11H2,1-2H3. The van der Waals surface area contributed by atoms with Crippen molar-refractivity contribution in [1.29, 1.82) is 0 Å². The third-order valence-corrected chi connectivity index (χ3v) is 4.20. The van der Waals surface area contributed by atoms with Crippen molar-refractivity contribution in [3.8, 4) is 0 Å². The molecule has 1 aromatic rings. The van der Waals surface area contributed by atoms with E-state index in [0.717, 1.165) is 38.3 Å². The van der Waals surface area contributed by atoms with Gasteiger partial charge in [-0.1, -0.05) is 6.07 Å². The number of nitrogens with zero attached hydrogens (tertiary/aromatic N) is 2. The molecule has 2 unspecified atom stereocenters. The van der Waals surface area contributed by atoms with Gasteiger partial charge in [-0.05, 0) is 24.6 Å². The predicted molar refractivity (Wildman–Crippen MR) is 80.7 cm³/mol. The van der Waals surface area contributed by atoms with E-state index in [1.54, 1.807) is 7.11 Å². The van der Waals surface area contributed by atoms with E-state index < -0.39 is 17.7 Å². The molecule has 2 atom stereocenters. The molecule has 1 aliphatic rings. The van der Waals surface area contributed by atoms with Crippen molar-refractivity contribution in [2.45, 2.75) is 19.1 Å². The Kier molecular flexibility index (Phi) is 6.26. The molecule has 0 amide bonds. The zero-order valence-corrected chi connectivity index (χ0v) is 13.1. The smallest absolute Gasteiger partial charge is 0.159 e. The maximum Gasteiger partial charge on any atom is 0.159 e. The van der Waals surface area contributed by atoms with Gasteiger partial charge in [0.05, 0.1) is 12.7 Å². The third kappa shape index (κ3) is 4.46. The zero-order valence-electron chi connectivity index (χ0n) is 13.1. The highest BCUT2D eigenvalue weighted by atomic mass is 19.2. The second-order valence-corrected chi connectivity index (χ2v) is 5.83. The first kappa shape index (κ1) is 17.3. The molecule has 2 rings (SSSR count). The highest BCUT2D eigenvalue weighted by Crippen LogP contribution is 2.18. The van der Waals surface area contributed by atoms with E-state index in [9.17, 15) is 13.9 Å². The van der Waals surface area contributed by atoms with Gasteiger partial charge >= 0.3 is 0 Å². The summed E-state index contributed by atoms with van der Waals surface area (Å²) >= 11 is 0. The summed E-state index contributed by atoms with van der Waals surface area (Å²) < 4.78 is 31.3. The molecule has 6 heteroatoms. The van der Waals surface area contributed by atoms with Crippen LogP contribution in [0.3, 0.4) is 0 Å². The lowest BCUT2D eigenvalue weighted by molar-refractivity contribution is 0.0369. The average Bonchev–Trinajstić information content (AvgIpc) is 2.51. The minimum absolute atomic E-state index is 0.378. The first-order chi connectivity index (χ1) is 10.5. The van der Waals surface area contributed by atoms with Gasteiger partial charge in [0.1, 0.15) is 0 Å². The first-order valence-electron chi connectivity index (χ1n) is 7.59. The lowest BCUT2D eigenvalue weighted by Crippen LogP contribution is -2.51. The fourth-order valence-corrected chi connectivity index (χ4v) is 2.80. The van der Waals surface area contributed by atoms with E-state index in [1.807, 2.05) is 0 Å². The monoisotopic (exact) mass is 314 g/mol. The Labute approximate surface area is 130 Å². The molecule has 0 aromatic heterocycles. The van der Waals surface area contributed by atoms with Crippen LogP contribution in [0.2, 0.25) is 0 Å². The molecule has 0 radical (unpaired) electrons. The molecule has 0 saturated carbocycles. The number of aliphatic hydroxyl groups is 1. The van der Waals surface area contributed by atoms with Gasteiger partial charge in [0.2, 0.25) is 0 Å². The van der Waals surface area contributed by atoms with E-state index in [2.05, 4.69) is 16.7 Å². The van der Waals surface area contributed by atoms with Crippen molar-refractivity contribution in [3.05, 3.63) is 35.4 Å². The fraction of sp³-hybridized carbons (Fsp3) is 0.625. The molecular formula is C16H24F2N2O2. The van der Waals surface area contributed by atoms with Crippen LogP contribution in [0.15, 0.2) is 18.2 Å². The minimum Gasteiger partial charge on any atom is -0.387 e. The summed E-state index contributed by atoms with van der Waals surface area (Å²) in [4.78, 5) is 4.49. The number of aliphatic hydroxyl groups excluding tert-OH is 1. The summed E-state index contributed by atoms with van der Waals surface area (Å²) in [5, 5.41) is 10.2. The molecule has 0 bridgehead atoms. The summed E-state index contributed by atoms with van der Waals surface area (Å²) in [5.74, 6) is -1.81. The van der Waals surface area contributed by atoms with Crippen LogP contribution in [-0.4, -0.2) is 67.4 Å². The van der Waals surface area contributed by atoms with Crippen LogP contribution < -0.4 is 0 Å². The average molecular weight is 314 g/mol. The van der Waals surface area contributed by atoms with Crippen molar-refractivity contribution in [2.24, 2.45) is 0 Å². The van der Waals surface area contributed by atoms with Gasteiger partial charge < -0.3 is 9.84 Å². The highest BCUT2D eigenvalue weighted by Gasteiger charge is 2.23. The third-order valence-electron chi connectivity index (χ3n) is 4.20. The second-order valence-electron chi connectivity index (χ2n) is 5.83. The zero-order chi connectivity index (χ0) is 16.1. The highest BCUT2D eigenvalue weighted by molar-refractivity contribution is 5.20. The number of β-amino-alcohol motifs (C(OH)–C–C–N with tert-alkyl or cyclic N) is 1. The predicted octanol–water partition coefficient (Wildman–Crippen LogP) is 1.65. The van der Waals surface area contributed by atoms with Crippen molar-refractivity contribution in [2.75, 3.05) is 46.4 Å². The minimum atomic E-state index is -0.922. The summed E-state index contributed by atoms with van der Waals surface area (Å²) in [6, 6.07) is 3.93. The maximum absolute atomic E-state index is 13.2. The van der Waals surface area contributed by atoms with Gasteiger partial charge in [0.25, 0.3) is 0 Å². The summed E-state index contributed by atoms with van der Waals surface area (Å²) in [6.45, 7) is 6.78. The van der Waals surface area contributed by atoms with Crippen molar-refractivity contribution < 1.29 is 18.6 Å². The largest absolute Gasteiger partial charge is 0.387 e. The Balaban J connectivity index is 1.83. The molecule has 124 valence electrons. The molecule has 1 saturated heterocycles. The number of piperazine rings is 1. The molecule has 0 aliphatic carbocycles. The quantitative estimate of drug-likeness (QED) is 0.866. The van der Waals surface area contributed by atoms with Gasteiger partial charge in [-0.25, -0.2) is 8.78 Å². The van der Waals surface area contributed by atoms with E-state index in [-0.39, 0.29) is 0 Å². The number of ether oxygens (including phenoxy) is 1. The number of hydrogen-bond donors (Lipinski definition) is 1. The Bertz CT molecular complexity index is 479. The van der Waals surface area contributed by atoms with E-state index in [1.165, 1.54) is 6.07 Å². The number of hydrogen-bond acceptors (Lipinski definition) is 4. The number of benzene rings is 1. The normalized spacial score (nSPS) is 20.0. The van der Waals surface area contributed by atoms with Crippen LogP contribution in [-0.2, 0) is 4.74 Å². The SMILES string of the molecule is COCC(C)N1CCN(CC(O)c2ccc(F)c(F)c2)CC1. The molecule has 1 fully saturated rings.